The molecule has 0 saturated carbocycles. The van der Waals surface area contributed by atoms with Crippen LogP contribution in [0, 0.1) is 0 Å². The molecule has 1 aromatic heterocycles. The molecule has 1 saturated heterocycles. The van der Waals surface area contributed by atoms with Crippen molar-refractivity contribution in [1.29, 1.82) is 0 Å². The topological polar surface area (TPSA) is 54.1 Å². The number of nitrogens with one attached hydrogen (secondary N) is 2. The lowest BCUT2D eigenvalue weighted by molar-refractivity contribution is 0.260. The first kappa shape index (κ1) is 13.2. The van der Waals surface area contributed by atoms with Crippen molar-refractivity contribution >= 4 is 10.8 Å². The summed E-state index contributed by atoms with van der Waals surface area (Å²) >= 11 is 0. The zero-order valence-corrected chi connectivity index (χ0v) is 11.5. The zero-order valence-electron chi connectivity index (χ0n) is 11.5. The third kappa shape index (κ3) is 3.02. The molecule has 2 N–H and O–H groups in total. The third-order valence-corrected chi connectivity index (χ3v) is 3.86. The fraction of sp³-hybridized carbons (Fsp3) is 0.438. The second-order valence-electron chi connectivity index (χ2n) is 5.33. The van der Waals surface area contributed by atoms with Crippen LogP contribution in [0.25, 0.3) is 10.8 Å². The zero-order chi connectivity index (χ0) is 13.8. The summed E-state index contributed by atoms with van der Waals surface area (Å²) in [7, 11) is 0. The normalized spacial score (nSPS) is 19.1. The van der Waals surface area contributed by atoms with Gasteiger partial charge in [-0.2, -0.15) is 0 Å². The molecule has 1 aliphatic heterocycles. The van der Waals surface area contributed by atoms with Gasteiger partial charge in [-0.1, -0.05) is 24.6 Å². The molecule has 1 fully saturated rings. The van der Waals surface area contributed by atoms with Crippen molar-refractivity contribution in [2.75, 3.05) is 13.2 Å². The van der Waals surface area contributed by atoms with Gasteiger partial charge in [-0.25, -0.2) is 0 Å². The van der Waals surface area contributed by atoms with Gasteiger partial charge in [0.25, 0.3) is 5.56 Å². The first-order valence-electron chi connectivity index (χ1n) is 7.31. The standard InChI is InChI=1S/C16H20N2O2/c19-16-14-7-2-1-5-12(14)11-15(18-16)20-10-8-13-6-3-4-9-17-13/h1-2,5,7,11,13,17H,3-4,6,8-10H2,(H,18,19). The highest BCUT2D eigenvalue weighted by molar-refractivity contribution is 5.82. The van der Waals surface area contributed by atoms with E-state index in [1.165, 1.54) is 19.3 Å². The van der Waals surface area contributed by atoms with Crippen molar-refractivity contribution < 1.29 is 4.74 Å². The molecular weight excluding hydrogens is 252 g/mol. The number of rotatable bonds is 4. The molecule has 3 rings (SSSR count). The molecule has 106 valence electrons. The largest absolute Gasteiger partial charge is 0.479 e. The lowest BCUT2D eigenvalue weighted by atomic mass is 10.0. The molecule has 0 aliphatic carbocycles. The number of piperidine rings is 1. The van der Waals surface area contributed by atoms with Gasteiger partial charge in [-0.3, -0.25) is 9.78 Å². The van der Waals surface area contributed by atoms with Gasteiger partial charge in [0.15, 0.2) is 5.88 Å². The Kier molecular flexibility index (Phi) is 4.02. The van der Waals surface area contributed by atoms with Gasteiger partial charge in [0.05, 0.1) is 6.61 Å². The van der Waals surface area contributed by atoms with E-state index in [0.717, 1.165) is 18.4 Å². The van der Waals surface area contributed by atoms with E-state index >= 15 is 0 Å². The quantitative estimate of drug-likeness (QED) is 0.899. The van der Waals surface area contributed by atoms with Gasteiger partial charge in [0, 0.05) is 17.5 Å². The van der Waals surface area contributed by atoms with Crippen LogP contribution in [-0.2, 0) is 0 Å². The summed E-state index contributed by atoms with van der Waals surface area (Å²) in [5.41, 5.74) is -0.0890. The van der Waals surface area contributed by atoms with Crippen molar-refractivity contribution in [2.24, 2.45) is 0 Å². The summed E-state index contributed by atoms with van der Waals surface area (Å²) in [5, 5.41) is 5.12. The predicted molar refractivity (Wildman–Crippen MR) is 80.3 cm³/mol. The Morgan fingerprint density at radius 3 is 3.00 bits per heavy atom. The second-order valence-corrected chi connectivity index (χ2v) is 5.33. The van der Waals surface area contributed by atoms with Gasteiger partial charge >= 0.3 is 0 Å². The average Bonchev–Trinajstić information content (AvgIpc) is 2.48. The van der Waals surface area contributed by atoms with Crippen LogP contribution in [0.2, 0.25) is 0 Å². The van der Waals surface area contributed by atoms with Crippen molar-refractivity contribution in [2.45, 2.75) is 31.7 Å². The molecule has 4 heteroatoms. The number of hydrogen-bond acceptors (Lipinski definition) is 3. The highest BCUT2D eigenvalue weighted by Crippen LogP contribution is 2.15. The number of hydrogen-bond donors (Lipinski definition) is 2. The van der Waals surface area contributed by atoms with Crippen LogP contribution in [-0.4, -0.2) is 24.2 Å². The molecule has 1 aromatic carbocycles. The minimum atomic E-state index is -0.0890. The molecule has 20 heavy (non-hydrogen) atoms. The number of H-pyrrole nitrogens is 1. The van der Waals surface area contributed by atoms with Crippen molar-refractivity contribution in [3.63, 3.8) is 0 Å². The highest BCUT2D eigenvalue weighted by atomic mass is 16.5. The molecule has 0 spiro atoms. The van der Waals surface area contributed by atoms with E-state index < -0.39 is 0 Å². The second kappa shape index (κ2) is 6.09. The van der Waals surface area contributed by atoms with Crippen LogP contribution >= 0.6 is 0 Å². The number of aromatic nitrogens is 1. The maximum atomic E-state index is 11.9. The van der Waals surface area contributed by atoms with E-state index in [9.17, 15) is 4.79 Å². The Morgan fingerprint density at radius 1 is 1.25 bits per heavy atom. The Bertz CT molecular complexity index is 630. The van der Waals surface area contributed by atoms with Crippen LogP contribution in [0.5, 0.6) is 5.88 Å². The molecule has 0 bridgehead atoms. The molecule has 1 aliphatic rings. The van der Waals surface area contributed by atoms with E-state index in [1.807, 2.05) is 30.3 Å². The fourth-order valence-corrected chi connectivity index (χ4v) is 2.75. The summed E-state index contributed by atoms with van der Waals surface area (Å²) in [5.74, 6) is 0.560. The Hall–Kier alpha value is -1.81. The minimum absolute atomic E-state index is 0.0890. The smallest absolute Gasteiger partial charge is 0.258 e. The van der Waals surface area contributed by atoms with Crippen molar-refractivity contribution in [3.05, 3.63) is 40.7 Å². The van der Waals surface area contributed by atoms with Gasteiger partial charge < -0.3 is 10.1 Å². The Balaban J connectivity index is 1.64. The predicted octanol–water partition coefficient (Wildman–Crippen LogP) is 2.44. The number of ether oxygens (including phenoxy) is 1. The summed E-state index contributed by atoms with van der Waals surface area (Å²) in [4.78, 5) is 14.7. The fourth-order valence-electron chi connectivity index (χ4n) is 2.75. The van der Waals surface area contributed by atoms with E-state index in [-0.39, 0.29) is 5.56 Å². The van der Waals surface area contributed by atoms with Crippen molar-refractivity contribution in [3.8, 4) is 5.88 Å². The Morgan fingerprint density at radius 2 is 2.15 bits per heavy atom. The molecule has 2 aromatic rings. The number of benzene rings is 1. The first-order chi connectivity index (χ1) is 9.83. The van der Waals surface area contributed by atoms with Crippen LogP contribution in [0.3, 0.4) is 0 Å². The number of pyridine rings is 1. The van der Waals surface area contributed by atoms with E-state index in [0.29, 0.717) is 23.9 Å². The lowest BCUT2D eigenvalue weighted by Crippen LogP contribution is -2.35. The van der Waals surface area contributed by atoms with Crippen LogP contribution in [0.1, 0.15) is 25.7 Å². The third-order valence-electron chi connectivity index (χ3n) is 3.86. The molecule has 0 amide bonds. The summed E-state index contributed by atoms with van der Waals surface area (Å²) < 4.78 is 5.70. The molecule has 1 atom stereocenters. The first-order valence-corrected chi connectivity index (χ1v) is 7.31. The monoisotopic (exact) mass is 272 g/mol. The maximum Gasteiger partial charge on any atom is 0.258 e. The summed E-state index contributed by atoms with van der Waals surface area (Å²) in [6.07, 6.45) is 4.77. The molecule has 4 nitrogen and oxygen atoms in total. The van der Waals surface area contributed by atoms with Crippen molar-refractivity contribution in [1.82, 2.24) is 10.3 Å². The van der Waals surface area contributed by atoms with E-state index in [2.05, 4.69) is 10.3 Å². The SMILES string of the molecule is O=c1[nH]c(OCCC2CCCCN2)cc2ccccc12. The number of aromatic amines is 1. The maximum absolute atomic E-state index is 11.9. The molecular formula is C16H20N2O2. The molecule has 2 heterocycles. The van der Waals surface area contributed by atoms with Crippen LogP contribution < -0.4 is 15.6 Å². The molecule has 0 radical (unpaired) electrons. The summed E-state index contributed by atoms with van der Waals surface area (Å²) in [6.45, 7) is 1.74. The van der Waals surface area contributed by atoms with Crippen LogP contribution in [0.4, 0.5) is 0 Å². The van der Waals surface area contributed by atoms with E-state index in [4.69, 9.17) is 4.74 Å². The highest BCUT2D eigenvalue weighted by Gasteiger charge is 2.12. The minimum Gasteiger partial charge on any atom is -0.479 e. The van der Waals surface area contributed by atoms with Gasteiger partial charge in [-0.05, 0) is 37.3 Å². The van der Waals surface area contributed by atoms with Gasteiger partial charge in [0.1, 0.15) is 0 Å². The average molecular weight is 272 g/mol. The Labute approximate surface area is 118 Å². The van der Waals surface area contributed by atoms with Crippen LogP contribution in [0.15, 0.2) is 35.1 Å². The molecule has 1 unspecified atom stereocenters. The summed E-state index contributed by atoms with van der Waals surface area (Å²) in [6, 6.07) is 10.00. The lowest BCUT2D eigenvalue weighted by Gasteiger charge is -2.23. The van der Waals surface area contributed by atoms with Gasteiger partial charge in [-0.15, -0.1) is 0 Å². The number of fused-ring (bicyclic) bond motifs is 1. The van der Waals surface area contributed by atoms with Gasteiger partial charge in [0.2, 0.25) is 0 Å². The van der Waals surface area contributed by atoms with E-state index in [1.54, 1.807) is 0 Å².